The number of morpholine rings is 1. The van der Waals surface area contributed by atoms with Gasteiger partial charge in [-0.25, -0.2) is 4.79 Å². The molecule has 7 nitrogen and oxygen atoms in total. The SMILES string of the molecule is Cc1cc(C(=O)N2CC(C(=O)O)O[C@H](C)C2)cc(C)c1OCc1cccnc1. The van der Waals surface area contributed by atoms with Crippen LogP contribution in [0.4, 0.5) is 0 Å². The number of benzene rings is 1. The van der Waals surface area contributed by atoms with Gasteiger partial charge in [0.2, 0.25) is 0 Å². The van der Waals surface area contributed by atoms with Crippen molar-refractivity contribution in [2.24, 2.45) is 0 Å². The summed E-state index contributed by atoms with van der Waals surface area (Å²) >= 11 is 0. The molecular weight excluding hydrogens is 360 g/mol. The Balaban J connectivity index is 1.75. The molecule has 7 heteroatoms. The van der Waals surface area contributed by atoms with Gasteiger partial charge in [0, 0.05) is 30.1 Å². The van der Waals surface area contributed by atoms with Gasteiger partial charge in [-0.2, -0.15) is 0 Å². The molecule has 1 N–H and O–H groups in total. The molecule has 0 bridgehead atoms. The first-order chi connectivity index (χ1) is 13.3. The molecule has 0 saturated carbocycles. The lowest BCUT2D eigenvalue weighted by atomic mass is 10.0. The fourth-order valence-electron chi connectivity index (χ4n) is 3.38. The van der Waals surface area contributed by atoms with Crippen LogP contribution in [0.1, 0.15) is 34.0 Å². The summed E-state index contributed by atoms with van der Waals surface area (Å²) in [6, 6.07) is 7.36. The zero-order chi connectivity index (χ0) is 20.3. The largest absolute Gasteiger partial charge is 0.488 e. The Labute approximate surface area is 163 Å². The number of carboxylic acid groups (broad SMARTS) is 1. The molecule has 148 valence electrons. The van der Waals surface area contributed by atoms with Gasteiger partial charge in [0.1, 0.15) is 12.4 Å². The van der Waals surface area contributed by atoms with Crippen molar-refractivity contribution < 1.29 is 24.2 Å². The third-order valence-corrected chi connectivity index (χ3v) is 4.64. The molecule has 1 aliphatic rings. The second-order valence-corrected chi connectivity index (χ2v) is 7.07. The normalized spacial score (nSPS) is 19.3. The quantitative estimate of drug-likeness (QED) is 0.852. The third kappa shape index (κ3) is 4.48. The van der Waals surface area contributed by atoms with Gasteiger partial charge in [-0.05, 0) is 50.1 Å². The van der Waals surface area contributed by atoms with Crippen molar-refractivity contribution in [2.75, 3.05) is 13.1 Å². The number of aryl methyl sites for hydroxylation is 2. The van der Waals surface area contributed by atoms with Gasteiger partial charge in [0.05, 0.1) is 12.6 Å². The van der Waals surface area contributed by atoms with Gasteiger partial charge < -0.3 is 19.5 Å². The van der Waals surface area contributed by atoms with E-state index in [-0.39, 0.29) is 18.6 Å². The molecule has 28 heavy (non-hydrogen) atoms. The lowest BCUT2D eigenvalue weighted by Gasteiger charge is -2.35. The third-order valence-electron chi connectivity index (χ3n) is 4.64. The number of amides is 1. The molecular formula is C21H24N2O5. The molecule has 0 radical (unpaired) electrons. The number of aromatic nitrogens is 1. The van der Waals surface area contributed by atoms with E-state index in [2.05, 4.69) is 4.98 Å². The molecule has 2 atom stereocenters. The van der Waals surface area contributed by atoms with Crippen LogP contribution in [0.25, 0.3) is 0 Å². The smallest absolute Gasteiger partial charge is 0.334 e. The lowest BCUT2D eigenvalue weighted by molar-refractivity contribution is -0.160. The number of ether oxygens (including phenoxy) is 2. The predicted octanol–water partition coefficient (Wildman–Crippen LogP) is 2.59. The molecule has 2 aromatic rings. The van der Waals surface area contributed by atoms with Crippen LogP contribution in [0, 0.1) is 13.8 Å². The van der Waals surface area contributed by atoms with Crippen LogP contribution in [0.15, 0.2) is 36.7 Å². The molecule has 1 saturated heterocycles. The Morgan fingerprint density at radius 3 is 2.61 bits per heavy atom. The van der Waals surface area contributed by atoms with Crippen LogP contribution in [0.3, 0.4) is 0 Å². The summed E-state index contributed by atoms with van der Waals surface area (Å²) < 4.78 is 11.3. The van der Waals surface area contributed by atoms with Gasteiger partial charge in [-0.15, -0.1) is 0 Å². The molecule has 1 unspecified atom stereocenters. The first-order valence-electron chi connectivity index (χ1n) is 9.15. The van der Waals surface area contributed by atoms with E-state index in [1.54, 1.807) is 31.5 Å². The maximum atomic E-state index is 12.9. The Morgan fingerprint density at radius 2 is 2.00 bits per heavy atom. The van der Waals surface area contributed by atoms with Crippen molar-refractivity contribution in [3.63, 3.8) is 0 Å². The number of hydrogen-bond acceptors (Lipinski definition) is 5. The van der Waals surface area contributed by atoms with Gasteiger partial charge in [-0.3, -0.25) is 9.78 Å². The van der Waals surface area contributed by atoms with Crippen LogP contribution in [-0.4, -0.2) is 52.2 Å². The van der Waals surface area contributed by atoms with E-state index in [1.165, 1.54) is 4.90 Å². The first-order valence-corrected chi connectivity index (χ1v) is 9.15. The highest BCUT2D eigenvalue weighted by atomic mass is 16.5. The van der Waals surface area contributed by atoms with E-state index < -0.39 is 12.1 Å². The fraction of sp³-hybridized carbons (Fsp3) is 0.381. The minimum absolute atomic E-state index is 0.0376. The monoisotopic (exact) mass is 384 g/mol. The average molecular weight is 384 g/mol. The van der Waals surface area contributed by atoms with Crippen LogP contribution in [0.5, 0.6) is 5.75 Å². The maximum Gasteiger partial charge on any atom is 0.334 e. The highest BCUT2D eigenvalue weighted by Crippen LogP contribution is 2.27. The van der Waals surface area contributed by atoms with Crippen LogP contribution in [0.2, 0.25) is 0 Å². The molecule has 2 heterocycles. The molecule has 3 rings (SSSR count). The lowest BCUT2D eigenvalue weighted by Crippen LogP contribution is -2.51. The van der Waals surface area contributed by atoms with Gasteiger partial charge >= 0.3 is 5.97 Å². The molecule has 0 aliphatic carbocycles. The number of carbonyl (C=O) groups is 2. The van der Waals surface area contributed by atoms with Gasteiger partial charge in [0.25, 0.3) is 5.91 Å². The Kier molecular flexibility index (Phi) is 5.94. The van der Waals surface area contributed by atoms with E-state index in [9.17, 15) is 14.7 Å². The van der Waals surface area contributed by atoms with E-state index in [1.807, 2.05) is 26.0 Å². The molecule has 1 aromatic heterocycles. The number of aliphatic carboxylic acids is 1. The van der Waals surface area contributed by atoms with Crippen molar-refractivity contribution >= 4 is 11.9 Å². The number of nitrogens with zero attached hydrogens (tertiary/aromatic N) is 2. The maximum absolute atomic E-state index is 12.9. The van der Waals surface area contributed by atoms with Crippen molar-refractivity contribution in [3.8, 4) is 5.75 Å². The van der Waals surface area contributed by atoms with Crippen molar-refractivity contribution in [3.05, 3.63) is 58.9 Å². The van der Waals surface area contributed by atoms with Crippen LogP contribution in [-0.2, 0) is 16.1 Å². The molecule has 1 aromatic carbocycles. The zero-order valence-electron chi connectivity index (χ0n) is 16.2. The van der Waals surface area contributed by atoms with Gasteiger partial charge in [0.15, 0.2) is 6.10 Å². The Bertz CT molecular complexity index is 845. The second kappa shape index (κ2) is 8.39. The average Bonchev–Trinajstić information content (AvgIpc) is 2.67. The summed E-state index contributed by atoms with van der Waals surface area (Å²) in [6.45, 7) is 6.34. The van der Waals surface area contributed by atoms with E-state index in [0.29, 0.717) is 18.7 Å². The Morgan fingerprint density at radius 1 is 1.29 bits per heavy atom. The number of carboxylic acids is 1. The summed E-state index contributed by atoms with van der Waals surface area (Å²) in [5.41, 5.74) is 3.18. The number of hydrogen-bond donors (Lipinski definition) is 1. The molecule has 0 spiro atoms. The van der Waals surface area contributed by atoms with E-state index in [0.717, 1.165) is 22.4 Å². The van der Waals surface area contributed by atoms with Gasteiger partial charge in [-0.1, -0.05) is 6.07 Å². The summed E-state index contributed by atoms with van der Waals surface area (Å²) in [4.78, 5) is 29.8. The fourth-order valence-corrected chi connectivity index (χ4v) is 3.38. The molecule has 1 amide bonds. The van der Waals surface area contributed by atoms with Crippen LogP contribution >= 0.6 is 0 Å². The summed E-state index contributed by atoms with van der Waals surface area (Å²) in [7, 11) is 0. The van der Waals surface area contributed by atoms with Crippen molar-refractivity contribution in [1.82, 2.24) is 9.88 Å². The highest BCUT2D eigenvalue weighted by molar-refractivity contribution is 5.95. The number of rotatable bonds is 5. The van der Waals surface area contributed by atoms with Crippen LogP contribution < -0.4 is 4.74 Å². The topological polar surface area (TPSA) is 89.0 Å². The highest BCUT2D eigenvalue weighted by Gasteiger charge is 2.33. The summed E-state index contributed by atoms with van der Waals surface area (Å²) in [5, 5.41) is 9.22. The number of pyridine rings is 1. The summed E-state index contributed by atoms with van der Waals surface area (Å²) in [5.74, 6) is -0.526. The van der Waals surface area contributed by atoms with E-state index in [4.69, 9.17) is 9.47 Å². The van der Waals surface area contributed by atoms with Crippen molar-refractivity contribution in [1.29, 1.82) is 0 Å². The molecule has 1 fully saturated rings. The first kappa shape index (κ1) is 19.8. The summed E-state index contributed by atoms with van der Waals surface area (Å²) in [6.07, 6.45) is 2.13. The standard InChI is InChI=1S/C21H24N2O5/c1-13-7-17(20(24)23-10-15(3)28-18(11-23)21(25)26)8-14(2)19(13)27-12-16-5-4-6-22-9-16/h4-9,15,18H,10-12H2,1-3H3,(H,25,26)/t15-,18?/m1/s1. The van der Waals surface area contributed by atoms with E-state index >= 15 is 0 Å². The predicted molar refractivity (Wildman–Crippen MR) is 102 cm³/mol. The van der Waals surface area contributed by atoms with Crippen molar-refractivity contribution in [2.45, 2.75) is 39.6 Å². The number of carbonyl (C=O) groups excluding carboxylic acids is 1. The zero-order valence-corrected chi connectivity index (χ0v) is 16.2. The molecule has 1 aliphatic heterocycles. The Hall–Kier alpha value is -2.93. The minimum atomic E-state index is -1.06. The second-order valence-electron chi connectivity index (χ2n) is 7.07. The minimum Gasteiger partial charge on any atom is -0.488 e.